The second kappa shape index (κ2) is 3.78. The van der Waals surface area contributed by atoms with Crippen LogP contribution in [0.4, 0.5) is 18.9 Å². The van der Waals surface area contributed by atoms with Gasteiger partial charge in [-0.25, -0.2) is 0 Å². The number of nitrogen functional groups attached to an aromatic ring is 1. The smallest absolute Gasteiger partial charge is 0.398 e. The number of anilines is 1. The van der Waals surface area contributed by atoms with E-state index >= 15 is 0 Å². The topological polar surface area (TPSA) is 52.0 Å². The lowest BCUT2D eigenvalue weighted by molar-refractivity contribution is -0.136. The van der Waals surface area contributed by atoms with Gasteiger partial charge >= 0.3 is 6.18 Å². The van der Waals surface area contributed by atoms with Crippen molar-refractivity contribution in [1.29, 1.82) is 0 Å². The average molecular weight is 269 g/mol. The van der Waals surface area contributed by atoms with E-state index in [1.165, 1.54) is 6.07 Å². The van der Waals surface area contributed by atoms with E-state index in [0.29, 0.717) is 4.47 Å². The molecule has 0 radical (unpaired) electrons. The maximum absolute atomic E-state index is 12.4. The molecule has 0 bridgehead atoms. The standard InChI is InChI=1S/C8H8BrF3N2/c9-6-2-1-5(8(10,11)12)7(14)4(6)3-13/h1-2H,3,13-14H2. The summed E-state index contributed by atoms with van der Waals surface area (Å²) in [6.45, 7) is -0.0314. The van der Waals surface area contributed by atoms with E-state index in [2.05, 4.69) is 15.9 Å². The normalized spacial score (nSPS) is 11.8. The Morgan fingerprint density at radius 3 is 2.29 bits per heavy atom. The molecule has 0 aliphatic heterocycles. The zero-order valence-corrected chi connectivity index (χ0v) is 8.61. The fourth-order valence-corrected chi connectivity index (χ4v) is 1.60. The van der Waals surface area contributed by atoms with Crippen LogP contribution in [-0.4, -0.2) is 0 Å². The maximum atomic E-state index is 12.4. The third kappa shape index (κ3) is 2.01. The number of rotatable bonds is 1. The van der Waals surface area contributed by atoms with Crippen LogP contribution in [0.15, 0.2) is 16.6 Å². The number of halogens is 4. The molecule has 1 rings (SSSR count). The van der Waals surface area contributed by atoms with Crippen LogP contribution in [0.25, 0.3) is 0 Å². The molecule has 0 fully saturated rings. The second-order valence-electron chi connectivity index (χ2n) is 2.69. The third-order valence-electron chi connectivity index (χ3n) is 1.81. The zero-order valence-electron chi connectivity index (χ0n) is 7.03. The highest BCUT2D eigenvalue weighted by Crippen LogP contribution is 2.37. The van der Waals surface area contributed by atoms with Gasteiger partial charge in [0.25, 0.3) is 0 Å². The van der Waals surface area contributed by atoms with Gasteiger partial charge in [-0.15, -0.1) is 0 Å². The second-order valence-corrected chi connectivity index (χ2v) is 3.54. The lowest BCUT2D eigenvalue weighted by atomic mass is 10.1. The number of benzene rings is 1. The molecule has 78 valence electrons. The van der Waals surface area contributed by atoms with Gasteiger partial charge in [-0.05, 0) is 12.1 Å². The molecule has 6 heteroatoms. The van der Waals surface area contributed by atoms with Gasteiger partial charge in [0.2, 0.25) is 0 Å². The van der Waals surface area contributed by atoms with Crippen molar-refractivity contribution in [3.05, 3.63) is 27.7 Å². The molecular formula is C8H8BrF3N2. The third-order valence-corrected chi connectivity index (χ3v) is 2.55. The van der Waals surface area contributed by atoms with E-state index < -0.39 is 11.7 Å². The van der Waals surface area contributed by atoms with Crippen LogP contribution in [0.1, 0.15) is 11.1 Å². The minimum atomic E-state index is -4.44. The van der Waals surface area contributed by atoms with Crippen molar-refractivity contribution in [3.8, 4) is 0 Å². The van der Waals surface area contributed by atoms with E-state index in [1.807, 2.05) is 0 Å². The van der Waals surface area contributed by atoms with Crippen LogP contribution in [-0.2, 0) is 12.7 Å². The molecule has 0 saturated carbocycles. The Morgan fingerprint density at radius 1 is 1.29 bits per heavy atom. The monoisotopic (exact) mass is 268 g/mol. The fourth-order valence-electron chi connectivity index (χ4n) is 1.09. The maximum Gasteiger partial charge on any atom is 0.418 e. The first-order chi connectivity index (χ1) is 6.38. The SMILES string of the molecule is NCc1c(Br)ccc(C(F)(F)F)c1N. The number of alkyl halides is 3. The van der Waals surface area contributed by atoms with Crippen molar-refractivity contribution < 1.29 is 13.2 Å². The summed E-state index contributed by atoms with van der Waals surface area (Å²) in [5.74, 6) is 0. The van der Waals surface area contributed by atoms with Crippen LogP contribution >= 0.6 is 15.9 Å². The Kier molecular flexibility index (Phi) is 3.06. The molecule has 0 aromatic heterocycles. The highest BCUT2D eigenvalue weighted by atomic mass is 79.9. The van der Waals surface area contributed by atoms with Crippen LogP contribution in [0.2, 0.25) is 0 Å². The Morgan fingerprint density at radius 2 is 1.86 bits per heavy atom. The predicted octanol–water partition coefficient (Wildman–Crippen LogP) is 2.51. The number of nitrogens with two attached hydrogens (primary N) is 2. The Labute approximate surface area is 87.2 Å². The van der Waals surface area contributed by atoms with Crippen LogP contribution in [0.3, 0.4) is 0 Å². The molecular weight excluding hydrogens is 261 g/mol. The summed E-state index contributed by atoms with van der Waals surface area (Å²) in [7, 11) is 0. The minimum absolute atomic E-state index is 0.0314. The van der Waals surface area contributed by atoms with Gasteiger partial charge in [0.1, 0.15) is 0 Å². The van der Waals surface area contributed by atoms with E-state index in [0.717, 1.165) is 6.07 Å². The first kappa shape index (κ1) is 11.3. The average Bonchev–Trinajstić information content (AvgIpc) is 2.02. The molecule has 1 aromatic rings. The predicted molar refractivity (Wildman–Crippen MR) is 51.4 cm³/mol. The number of hydrogen-bond acceptors (Lipinski definition) is 2. The van der Waals surface area contributed by atoms with Crippen molar-refractivity contribution in [3.63, 3.8) is 0 Å². The van der Waals surface area contributed by atoms with Crippen molar-refractivity contribution in [1.82, 2.24) is 0 Å². The lowest BCUT2D eigenvalue weighted by Gasteiger charge is -2.13. The van der Waals surface area contributed by atoms with Gasteiger partial charge in [-0.1, -0.05) is 15.9 Å². The Balaban J connectivity index is 3.36. The number of hydrogen-bond donors (Lipinski definition) is 2. The molecule has 1 aromatic carbocycles. The lowest BCUT2D eigenvalue weighted by Crippen LogP contribution is -2.12. The zero-order chi connectivity index (χ0) is 10.9. The quantitative estimate of drug-likeness (QED) is 0.769. The summed E-state index contributed by atoms with van der Waals surface area (Å²) < 4.78 is 37.6. The molecule has 4 N–H and O–H groups in total. The first-order valence-corrected chi connectivity index (χ1v) is 4.51. The van der Waals surface area contributed by atoms with Crippen LogP contribution in [0, 0.1) is 0 Å². The minimum Gasteiger partial charge on any atom is -0.398 e. The van der Waals surface area contributed by atoms with Crippen molar-refractivity contribution in [2.75, 3.05) is 5.73 Å². The van der Waals surface area contributed by atoms with Gasteiger partial charge in [-0.3, -0.25) is 0 Å². The molecule has 0 aliphatic carbocycles. The largest absolute Gasteiger partial charge is 0.418 e. The fraction of sp³-hybridized carbons (Fsp3) is 0.250. The van der Waals surface area contributed by atoms with E-state index in [9.17, 15) is 13.2 Å². The molecule has 2 nitrogen and oxygen atoms in total. The molecule has 0 amide bonds. The summed E-state index contributed by atoms with van der Waals surface area (Å²) in [5, 5.41) is 0. The molecule has 0 aliphatic rings. The van der Waals surface area contributed by atoms with Gasteiger partial charge in [0.15, 0.2) is 0 Å². The summed E-state index contributed by atoms with van der Waals surface area (Å²) in [6.07, 6.45) is -4.44. The van der Waals surface area contributed by atoms with E-state index in [1.54, 1.807) is 0 Å². The van der Waals surface area contributed by atoms with Gasteiger partial charge in [-0.2, -0.15) is 13.2 Å². The molecule has 0 atom stereocenters. The molecule has 0 unspecified atom stereocenters. The van der Waals surface area contributed by atoms with E-state index in [-0.39, 0.29) is 17.8 Å². The molecule has 14 heavy (non-hydrogen) atoms. The molecule has 0 saturated heterocycles. The van der Waals surface area contributed by atoms with Crippen LogP contribution in [0.5, 0.6) is 0 Å². The summed E-state index contributed by atoms with van der Waals surface area (Å²) >= 11 is 3.08. The summed E-state index contributed by atoms with van der Waals surface area (Å²) in [5.41, 5.74) is 9.76. The van der Waals surface area contributed by atoms with Crippen LogP contribution < -0.4 is 11.5 Å². The highest BCUT2D eigenvalue weighted by Gasteiger charge is 2.33. The van der Waals surface area contributed by atoms with Crippen molar-refractivity contribution in [2.24, 2.45) is 5.73 Å². The molecule has 0 heterocycles. The van der Waals surface area contributed by atoms with Crippen molar-refractivity contribution >= 4 is 21.6 Å². The summed E-state index contributed by atoms with van der Waals surface area (Å²) in [4.78, 5) is 0. The van der Waals surface area contributed by atoms with Gasteiger partial charge < -0.3 is 11.5 Å². The van der Waals surface area contributed by atoms with Crippen molar-refractivity contribution in [2.45, 2.75) is 12.7 Å². The Bertz CT molecular complexity index is 349. The van der Waals surface area contributed by atoms with Gasteiger partial charge in [0, 0.05) is 22.3 Å². The summed E-state index contributed by atoms with van der Waals surface area (Å²) in [6, 6.07) is 2.22. The Hall–Kier alpha value is -0.750. The molecule has 0 spiro atoms. The highest BCUT2D eigenvalue weighted by molar-refractivity contribution is 9.10. The van der Waals surface area contributed by atoms with E-state index in [4.69, 9.17) is 11.5 Å². The first-order valence-electron chi connectivity index (χ1n) is 3.72. The van der Waals surface area contributed by atoms with Gasteiger partial charge in [0.05, 0.1) is 5.56 Å².